The van der Waals surface area contributed by atoms with Crippen LogP contribution >= 0.6 is 0 Å². The lowest BCUT2D eigenvalue weighted by Crippen LogP contribution is -2.41. The average Bonchev–Trinajstić information content (AvgIpc) is 2.50. The molecule has 3 N–H and O–H groups in total. The molecule has 0 aliphatic heterocycles. The Morgan fingerprint density at radius 2 is 2.05 bits per heavy atom. The van der Waals surface area contributed by atoms with Crippen molar-refractivity contribution in [2.24, 2.45) is 11.1 Å². The average molecular weight is 272 g/mol. The number of carbonyl (C=O) groups excluding carboxylic acids is 1. The van der Waals surface area contributed by atoms with E-state index in [9.17, 15) is 4.79 Å². The van der Waals surface area contributed by atoms with Crippen LogP contribution in [0.3, 0.4) is 0 Å². The molecule has 106 valence electrons. The van der Waals surface area contributed by atoms with Crippen LogP contribution in [0.2, 0.25) is 0 Å². The lowest BCUT2D eigenvalue weighted by molar-refractivity contribution is -0.125. The van der Waals surface area contributed by atoms with Gasteiger partial charge in [-0.05, 0) is 25.0 Å². The molecule has 0 unspecified atom stereocenters. The Kier molecular flexibility index (Phi) is 4.29. The Hall–Kier alpha value is -2.01. The number of pyridine rings is 2. The molecule has 0 spiro atoms. The van der Waals surface area contributed by atoms with E-state index in [1.165, 1.54) is 0 Å². The molecule has 0 atom stereocenters. The first-order chi connectivity index (χ1) is 9.66. The van der Waals surface area contributed by atoms with E-state index >= 15 is 0 Å². The first-order valence-corrected chi connectivity index (χ1v) is 6.87. The fourth-order valence-corrected chi connectivity index (χ4v) is 2.31. The molecule has 2 aromatic rings. The van der Waals surface area contributed by atoms with E-state index in [4.69, 9.17) is 5.73 Å². The molecule has 5 heteroatoms. The number of amides is 1. The van der Waals surface area contributed by atoms with Gasteiger partial charge in [0.25, 0.3) is 0 Å². The second-order valence-electron chi connectivity index (χ2n) is 4.90. The number of aromatic nitrogens is 2. The molecule has 20 heavy (non-hydrogen) atoms. The zero-order chi connectivity index (χ0) is 14.6. The van der Waals surface area contributed by atoms with Crippen LogP contribution in [0.5, 0.6) is 0 Å². The zero-order valence-electron chi connectivity index (χ0n) is 11.9. The van der Waals surface area contributed by atoms with Gasteiger partial charge in [-0.2, -0.15) is 0 Å². The minimum Gasteiger partial charge on any atom is -0.329 e. The number of fused-ring (bicyclic) bond motifs is 1. The lowest BCUT2D eigenvalue weighted by Gasteiger charge is -2.28. The molecule has 5 nitrogen and oxygen atoms in total. The third-order valence-electron chi connectivity index (χ3n) is 4.02. The standard InChI is InChI=1S/C15H20N4O/c1-3-15(4-2,10-16)14(20)19-13-6-8-18-12-5-7-17-9-11(12)13/h5-9H,3-4,10,16H2,1-2H3,(H,18,19,20). The molecule has 0 fully saturated rings. The van der Waals surface area contributed by atoms with Crippen molar-refractivity contribution in [3.63, 3.8) is 0 Å². The van der Waals surface area contributed by atoms with Crippen molar-refractivity contribution in [1.82, 2.24) is 9.97 Å². The Morgan fingerprint density at radius 3 is 2.70 bits per heavy atom. The molecule has 0 radical (unpaired) electrons. The summed E-state index contributed by atoms with van der Waals surface area (Å²) < 4.78 is 0. The van der Waals surface area contributed by atoms with Crippen LogP contribution in [0.4, 0.5) is 5.69 Å². The van der Waals surface area contributed by atoms with Crippen LogP contribution in [0.1, 0.15) is 26.7 Å². The number of anilines is 1. The number of hydrogen-bond donors (Lipinski definition) is 2. The predicted octanol–water partition coefficient (Wildman–Crippen LogP) is 2.33. The summed E-state index contributed by atoms with van der Waals surface area (Å²) >= 11 is 0. The summed E-state index contributed by atoms with van der Waals surface area (Å²) in [5.41, 5.74) is 6.83. The summed E-state index contributed by atoms with van der Waals surface area (Å²) in [5.74, 6) is -0.0404. The van der Waals surface area contributed by atoms with Crippen LogP contribution in [-0.4, -0.2) is 22.4 Å². The van der Waals surface area contributed by atoms with E-state index < -0.39 is 5.41 Å². The van der Waals surface area contributed by atoms with E-state index in [2.05, 4.69) is 15.3 Å². The van der Waals surface area contributed by atoms with Gasteiger partial charge in [-0.25, -0.2) is 0 Å². The summed E-state index contributed by atoms with van der Waals surface area (Å²) in [6, 6.07) is 3.61. The fraction of sp³-hybridized carbons (Fsp3) is 0.400. The number of carbonyl (C=O) groups is 1. The number of hydrogen-bond acceptors (Lipinski definition) is 4. The van der Waals surface area contributed by atoms with Crippen LogP contribution in [0, 0.1) is 5.41 Å². The fourth-order valence-electron chi connectivity index (χ4n) is 2.31. The Balaban J connectivity index is 2.35. The molecular formula is C15H20N4O. The number of nitrogens with two attached hydrogens (primary N) is 1. The maximum Gasteiger partial charge on any atom is 0.231 e. The third kappa shape index (κ3) is 2.49. The van der Waals surface area contributed by atoms with E-state index in [-0.39, 0.29) is 5.91 Å². The van der Waals surface area contributed by atoms with Gasteiger partial charge in [-0.3, -0.25) is 14.8 Å². The van der Waals surface area contributed by atoms with Crippen molar-refractivity contribution < 1.29 is 4.79 Å². The van der Waals surface area contributed by atoms with E-state index in [0.29, 0.717) is 19.4 Å². The van der Waals surface area contributed by atoms with Crippen LogP contribution < -0.4 is 11.1 Å². The van der Waals surface area contributed by atoms with Gasteiger partial charge in [-0.1, -0.05) is 13.8 Å². The van der Waals surface area contributed by atoms with Crippen molar-refractivity contribution in [2.45, 2.75) is 26.7 Å². The molecule has 1 amide bonds. The summed E-state index contributed by atoms with van der Waals surface area (Å²) in [5, 5.41) is 3.81. The van der Waals surface area contributed by atoms with Crippen molar-refractivity contribution >= 4 is 22.5 Å². The highest BCUT2D eigenvalue weighted by atomic mass is 16.2. The van der Waals surface area contributed by atoms with Gasteiger partial charge >= 0.3 is 0 Å². The smallest absolute Gasteiger partial charge is 0.231 e. The normalized spacial score (nSPS) is 11.6. The van der Waals surface area contributed by atoms with Gasteiger partial charge in [-0.15, -0.1) is 0 Å². The zero-order valence-corrected chi connectivity index (χ0v) is 11.9. The third-order valence-corrected chi connectivity index (χ3v) is 4.02. The molecule has 0 saturated heterocycles. The van der Waals surface area contributed by atoms with Gasteiger partial charge in [0.15, 0.2) is 0 Å². The van der Waals surface area contributed by atoms with Crippen molar-refractivity contribution in [3.05, 3.63) is 30.7 Å². The highest BCUT2D eigenvalue weighted by molar-refractivity contribution is 6.02. The first kappa shape index (κ1) is 14.4. The molecule has 2 rings (SSSR count). The highest BCUT2D eigenvalue weighted by Crippen LogP contribution is 2.28. The van der Waals surface area contributed by atoms with Crippen molar-refractivity contribution in [3.8, 4) is 0 Å². The monoisotopic (exact) mass is 272 g/mol. The number of nitrogens with one attached hydrogen (secondary N) is 1. The Morgan fingerprint density at radius 1 is 1.30 bits per heavy atom. The largest absolute Gasteiger partial charge is 0.329 e. The number of rotatable bonds is 5. The van der Waals surface area contributed by atoms with E-state index in [1.807, 2.05) is 19.9 Å². The maximum atomic E-state index is 12.5. The van der Waals surface area contributed by atoms with Crippen LogP contribution in [-0.2, 0) is 4.79 Å². The molecule has 2 aromatic heterocycles. The summed E-state index contributed by atoms with van der Waals surface area (Å²) in [7, 11) is 0. The van der Waals surface area contributed by atoms with Crippen molar-refractivity contribution in [1.29, 1.82) is 0 Å². The van der Waals surface area contributed by atoms with Crippen LogP contribution in [0.15, 0.2) is 30.7 Å². The topological polar surface area (TPSA) is 80.9 Å². The predicted molar refractivity (Wildman–Crippen MR) is 80.2 cm³/mol. The van der Waals surface area contributed by atoms with Gasteiger partial charge in [0.05, 0.1) is 16.6 Å². The first-order valence-electron chi connectivity index (χ1n) is 6.87. The highest BCUT2D eigenvalue weighted by Gasteiger charge is 2.33. The number of nitrogens with zero attached hydrogens (tertiary/aromatic N) is 2. The second kappa shape index (κ2) is 5.96. The minimum atomic E-state index is -0.516. The Bertz CT molecular complexity index is 594. The second-order valence-corrected chi connectivity index (χ2v) is 4.90. The van der Waals surface area contributed by atoms with Crippen LogP contribution in [0.25, 0.3) is 10.9 Å². The molecule has 0 saturated carbocycles. The SMILES string of the molecule is CCC(CC)(CN)C(=O)Nc1ccnc2ccncc12. The Labute approximate surface area is 118 Å². The van der Waals surface area contributed by atoms with E-state index in [0.717, 1.165) is 16.6 Å². The van der Waals surface area contributed by atoms with Gasteiger partial charge in [0.1, 0.15) is 0 Å². The summed E-state index contributed by atoms with van der Waals surface area (Å²) in [6.45, 7) is 4.32. The van der Waals surface area contributed by atoms with E-state index in [1.54, 1.807) is 24.7 Å². The molecular weight excluding hydrogens is 252 g/mol. The van der Waals surface area contributed by atoms with Gasteiger partial charge in [0.2, 0.25) is 5.91 Å². The van der Waals surface area contributed by atoms with Crippen molar-refractivity contribution in [2.75, 3.05) is 11.9 Å². The maximum absolute atomic E-state index is 12.5. The quantitative estimate of drug-likeness (QED) is 0.875. The lowest BCUT2D eigenvalue weighted by atomic mass is 9.81. The van der Waals surface area contributed by atoms with Gasteiger partial charge < -0.3 is 11.1 Å². The summed E-state index contributed by atoms with van der Waals surface area (Å²) in [6.07, 6.45) is 6.50. The van der Waals surface area contributed by atoms with Gasteiger partial charge in [0, 0.05) is 30.5 Å². The molecule has 0 bridgehead atoms. The molecule has 0 aliphatic carbocycles. The molecule has 0 aliphatic rings. The molecule has 2 heterocycles. The molecule has 0 aromatic carbocycles. The summed E-state index contributed by atoms with van der Waals surface area (Å²) in [4.78, 5) is 20.9. The minimum absolute atomic E-state index is 0.0404.